The second-order valence-electron chi connectivity index (χ2n) is 8.03. The zero-order valence-corrected chi connectivity index (χ0v) is 16.3. The van der Waals surface area contributed by atoms with E-state index in [4.69, 9.17) is 0 Å². The number of thiophene rings is 1. The molecule has 1 nitrogen and oxygen atoms in total. The maximum atomic E-state index is 3.77. The molecular weight excluding hydrogens is 358 g/mol. The van der Waals surface area contributed by atoms with Crippen molar-refractivity contribution in [2.24, 2.45) is 0 Å². The highest BCUT2D eigenvalue weighted by molar-refractivity contribution is 7.18. The molecule has 2 aromatic heterocycles. The van der Waals surface area contributed by atoms with Crippen molar-refractivity contribution in [1.29, 1.82) is 0 Å². The summed E-state index contributed by atoms with van der Waals surface area (Å²) in [4.78, 5) is 3.77. The highest BCUT2D eigenvalue weighted by atomic mass is 32.1. The Labute approximate surface area is 166 Å². The second kappa shape index (κ2) is 5.36. The lowest BCUT2D eigenvalue weighted by molar-refractivity contribution is 0.819. The number of nitrogens with one attached hydrogen (secondary N) is 1. The van der Waals surface area contributed by atoms with Crippen molar-refractivity contribution in [1.82, 2.24) is 4.98 Å². The Morgan fingerprint density at radius 2 is 1.93 bits per heavy atom. The molecule has 0 amide bonds. The number of aromatic nitrogens is 1. The molecule has 0 radical (unpaired) electrons. The van der Waals surface area contributed by atoms with Crippen LogP contribution in [0.5, 0.6) is 0 Å². The first-order valence-corrected chi connectivity index (χ1v) is 11.0. The fourth-order valence-corrected chi connectivity index (χ4v) is 6.72. The molecule has 2 heteroatoms. The third kappa shape index (κ3) is 1.81. The van der Waals surface area contributed by atoms with Gasteiger partial charge in [-0.2, -0.15) is 0 Å². The Bertz CT molecular complexity index is 1530. The Balaban J connectivity index is 1.80. The number of H-pyrrole nitrogens is 1. The molecule has 0 fully saturated rings. The van der Waals surface area contributed by atoms with Crippen LogP contribution in [-0.4, -0.2) is 4.98 Å². The Kier molecular flexibility index (Phi) is 2.90. The lowest BCUT2D eigenvalue weighted by Crippen LogP contribution is -2.23. The number of allylic oxidation sites excluding steroid dienone is 5. The summed E-state index contributed by atoms with van der Waals surface area (Å²) in [6.45, 7) is 0. The molecule has 1 unspecified atom stereocenters. The zero-order chi connectivity index (χ0) is 18.2. The van der Waals surface area contributed by atoms with Crippen molar-refractivity contribution in [3.8, 4) is 0 Å². The number of rotatable bonds is 0. The van der Waals surface area contributed by atoms with E-state index in [9.17, 15) is 0 Å². The van der Waals surface area contributed by atoms with Crippen LogP contribution in [0.4, 0.5) is 0 Å². The van der Waals surface area contributed by atoms with E-state index in [1.165, 1.54) is 58.3 Å². The number of hydrogen-bond acceptors (Lipinski definition) is 1. The SMILES string of the molecule is C1=CCC2C(=C1)C=Cc1c2c2c3c(sc2c2c1[nH]c1ccccc12)=CCCC=3. The topological polar surface area (TPSA) is 15.8 Å². The summed E-state index contributed by atoms with van der Waals surface area (Å²) in [6.07, 6.45) is 19.9. The molecule has 3 aliphatic carbocycles. The summed E-state index contributed by atoms with van der Waals surface area (Å²) in [5, 5.41) is 5.76. The van der Waals surface area contributed by atoms with Crippen molar-refractivity contribution in [3.63, 3.8) is 0 Å². The minimum atomic E-state index is 0.470. The molecule has 4 aromatic rings. The van der Waals surface area contributed by atoms with Gasteiger partial charge in [-0.25, -0.2) is 0 Å². The zero-order valence-electron chi connectivity index (χ0n) is 15.5. The van der Waals surface area contributed by atoms with Gasteiger partial charge in [0, 0.05) is 42.4 Å². The van der Waals surface area contributed by atoms with E-state index >= 15 is 0 Å². The molecule has 28 heavy (non-hydrogen) atoms. The van der Waals surface area contributed by atoms with Crippen molar-refractivity contribution in [2.45, 2.75) is 25.2 Å². The summed E-state index contributed by atoms with van der Waals surface area (Å²) < 4.78 is 2.93. The fourth-order valence-electron chi connectivity index (χ4n) is 5.37. The standard InChI is InChI=1S/C26H19NS/c1-2-8-16-15(7-1)13-14-19-22(16)23-18-10-4-6-12-21(18)28-26(23)24-17-9-3-5-11-20(17)27-25(19)24/h1-3,5,7,9-14,16,27H,4,6,8H2. The van der Waals surface area contributed by atoms with Crippen molar-refractivity contribution in [3.05, 3.63) is 75.0 Å². The minimum Gasteiger partial charge on any atom is -0.354 e. The van der Waals surface area contributed by atoms with E-state index in [-0.39, 0.29) is 0 Å². The molecule has 2 aromatic carbocycles. The molecule has 134 valence electrons. The first-order chi connectivity index (χ1) is 13.9. The number of para-hydroxylation sites is 1. The molecular formula is C26H19NS. The minimum absolute atomic E-state index is 0.470. The van der Waals surface area contributed by atoms with Gasteiger partial charge >= 0.3 is 0 Å². The van der Waals surface area contributed by atoms with Gasteiger partial charge in [-0.3, -0.25) is 0 Å². The second-order valence-corrected chi connectivity index (χ2v) is 9.09. The lowest BCUT2D eigenvalue weighted by Gasteiger charge is -2.27. The molecule has 1 N–H and O–H groups in total. The predicted molar refractivity (Wildman–Crippen MR) is 122 cm³/mol. The number of hydrogen-bond donors (Lipinski definition) is 1. The molecule has 0 bridgehead atoms. The van der Waals surface area contributed by atoms with E-state index in [0.717, 1.165) is 19.3 Å². The summed E-state index contributed by atoms with van der Waals surface area (Å²) in [7, 11) is 0. The Morgan fingerprint density at radius 1 is 1.00 bits per heavy atom. The van der Waals surface area contributed by atoms with Crippen molar-refractivity contribution < 1.29 is 0 Å². The van der Waals surface area contributed by atoms with Gasteiger partial charge in [-0.15, -0.1) is 11.3 Å². The Morgan fingerprint density at radius 3 is 2.93 bits per heavy atom. The third-order valence-electron chi connectivity index (χ3n) is 6.57. The van der Waals surface area contributed by atoms with Gasteiger partial charge in [0.2, 0.25) is 0 Å². The van der Waals surface area contributed by atoms with E-state index < -0.39 is 0 Å². The fraction of sp³-hybridized carbons (Fsp3) is 0.154. The molecule has 3 aliphatic rings. The Hall–Kier alpha value is -2.84. The first kappa shape index (κ1) is 15.1. The maximum Gasteiger partial charge on any atom is 0.0556 e. The van der Waals surface area contributed by atoms with Crippen LogP contribution in [0.25, 0.3) is 50.1 Å². The summed E-state index contributed by atoms with van der Waals surface area (Å²) >= 11 is 1.99. The molecule has 0 saturated heterocycles. The van der Waals surface area contributed by atoms with Gasteiger partial charge in [0.15, 0.2) is 0 Å². The predicted octanol–water partition coefficient (Wildman–Crippen LogP) is 5.89. The van der Waals surface area contributed by atoms with Gasteiger partial charge in [-0.1, -0.05) is 60.7 Å². The van der Waals surface area contributed by atoms with E-state index in [2.05, 4.69) is 71.8 Å². The van der Waals surface area contributed by atoms with Gasteiger partial charge in [-0.05, 0) is 41.7 Å². The third-order valence-corrected chi connectivity index (χ3v) is 7.79. The van der Waals surface area contributed by atoms with Gasteiger partial charge in [0.25, 0.3) is 0 Å². The summed E-state index contributed by atoms with van der Waals surface area (Å²) in [6, 6.07) is 8.77. The van der Waals surface area contributed by atoms with Gasteiger partial charge in [0.05, 0.1) is 5.52 Å². The average Bonchev–Trinajstić information content (AvgIpc) is 3.32. The highest BCUT2D eigenvalue weighted by Crippen LogP contribution is 2.47. The lowest BCUT2D eigenvalue weighted by atomic mass is 9.77. The van der Waals surface area contributed by atoms with Crippen LogP contribution in [0.1, 0.15) is 36.3 Å². The molecule has 7 rings (SSSR count). The van der Waals surface area contributed by atoms with Crippen LogP contribution < -0.4 is 9.75 Å². The molecule has 0 spiro atoms. The highest BCUT2D eigenvalue weighted by Gasteiger charge is 2.29. The van der Waals surface area contributed by atoms with Crippen molar-refractivity contribution >= 4 is 61.5 Å². The van der Waals surface area contributed by atoms with E-state index in [1.807, 2.05) is 11.3 Å². The summed E-state index contributed by atoms with van der Waals surface area (Å²) in [5.74, 6) is 0.470. The molecule has 0 aliphatic heterocycles. The smallest absolute Gasteiger partial charge is 0.0556 e. The number of fused-ring (bicyclic) bond motifs is 12. The molecule has 0 saturated carbocycles. The average molecular weight is 378 g/mol. The summed E-state index contributed by atoms with van der Waals surface area (Å²) in [5.41, 5.74) is 6.94. The van der Waals surface area contributed by atoms with Crippen LogP contribution in [0.3, 0.4) is 0 Å². The normalized spacial score (nSPS) is 19.9. The van der Waals surface area contributed by atoms with E-state index in [1.54, 1.807) is 0 Å². The van der Waals surface area contributed by atoms with Crippen LogP contribution >= 0.6 is 11.3 Å². The van der Waals surface area contributed by atoms with E-state index in [0.29, 0.717) is 5.92 Å². The van der Waals surface area contributed by atoms with Crippen LogP contribution in [0.2, 0.25) is 0 Å². The van der Waals surface area contributed by atoms with Crippen LogP contribution in [0.15, 0.2) is 54.1 Å². The first-order valence-electron chi connectivity index (χ1n) is 10.1. The van der Waals surface area contributed by atoms with Gasteiger partial charge < -0.3 is 4.98 Å². The number of aromatic amines is 1. The molecule has 2 heterocycles. The number of benzene rings is 2. The largest absolute Gasteiger partial charge is 0.354 e. The van der Waals surface area contributed by atoms with Gasteiger partial charge in [0.1, 0.15) is 0 Å². The van der Waals surface area contributed by atoms with Crippen LogP contribution in [-0.2, 0) is 0 Å². The monoisotopic (exact) mass is 377 g/mol. The van der Waals surface area contributed by atoms with Crippen LogP contribution in [0, 0.1) is 0 Å². The quantitative estimate of drug-likeness (QED) is 0.393. The van der Waals surface area contributed by atoms with Crippen molar-refractivity contribution in [2.75, 3.05) is 0 Å². The maximum absolute atomic E-state index is 3.77. The molecule has 1 atom stereocenters.